The van der Waals surface area contributed by atoms with Crippen molar-refractivity contribution in [3.05, 3.63) is 94.0 Å². The predicted octanol–water partition coefficient (Wildman–Crippen LogP) is 2.23. The zero-order valence-electron chi connectivity index (χ0n) is 17.2. The molecule has 0 saturated heterocycles. The molecule has 0 bridgehead atoms. The Morgan fingerprint density at radius 3 is 2.64 bits per heavy atom. The maximum Gasteiger partial charge on any atom is 0.296 e. The summed E-state index contributed by atoms with van der Waals surface area (Å²) >= 11 is 0. The average Bonchev–Trinajstić information content (AvgIpc) is 3.39. The third-order valence-electron chi connectivity index (χ3n) is 5.35. The van der Waals surface area contributed by atoms with Gasteiger partial charge in [-0.05, 0) is 37.3 Å². The number of rotatable bonds is 4. The van der Waals surface area contributed by atoms with Crippen molar-refractivity contribution in [1.82, 2.24) is 10.4 Å². The molecule has 1 atom stereocenters. The number of amides is 1. The van der Waals surface area contributed by atoms with E-state index in [2.05, 4.69) is 10.5 Å². The average molecular weight is 445 g/mol. The highest BCUT2D eigenvalue weighted by Crippen LogP contribution is 2.42. The van der Waals surface area contributed by atoms with Crippen LogP contribution in [0.4, 0.5) is 11.4 Å². The SMILES string of the molecule is Cc1ccc(C(=O)C2=C(O)C(=O)N(C3=Nc4ccccc4ON3)C2c2ccccc2[NH+]=O)o1. The number of carbonyl (C=O) groups is 2. The smallest absolute Gasteiger partial charge is 0.296 e. The van der Waals surface area contributed by atoms with Crippen LogP contribution < -0.4 is 15.5 Å². The molecule has 3 N–H and O–H groups in total. The summed E-state index contributed by atoms with van der Waals surface area (Å²) in [6.07, 6.45) is 0. The van der Waals surface area contributed by atoms with E-state index >= 15 is 0 Å². The topological polar surface area (TPSA) is 135 Å². The number of benzene rings is 2. The zero-order valence-corrected chi connectivity index (χ0v) is 17.2. The predicted molar refractivity (Wildman–Crippen MR) is 115 cm³/mol. The van der Waals surface area contributed by atoms with Crippen LogP contribution in [-0.2, 0) is 4.79 Å². The second-order valence-corrected chi connectivity index (χ2v) is 7.38. The molecule has 5 rings (SSSR count). The van der Waals surface area contributed by atoms with E-state index in [0.29, 0.717) is 17.2 Å². The van der Waals surface area contributed by atoms with Crippen LogP contribution in [-0.4, -0.2) is 27.7 Å². The van der Waals surface area contributed by atoms with E-state index in [1.807, 2.05) is 5.18 Å². The molecule has 10 heteroatoms. The van der Waals surface area contributed by atoms with Crippen LogP contribution in [0.5, 0.6) is 5.75 Å². The maximum atomic E-state index is 13.3. The second-order valence-electron chi connectivity index (χ2n) is 7.38. The van der Waals surface area contributed by atoms with Crippen LogP contribution in [0, 0.1) is 11.8 Å². The fourth-order valence-electron chi connectivity index (χ4n) is 3.84. The number of hydrogen-bond acceptors (Lipinski definition) is 8. The molecule has 0 radical (unpaired) electrons. The van der Waals surface area contributed by atoms with Crippen molar-refractivity contribution >= 4 is 29.0 Å². The lowest BCUT2D eigenvalue weighted by molar-refractivity contribution is -0.380. The Labute approximate surface area is 186 Å². The molecule has 3 aromatic rings. The van der Waals surface area contributed by atoms with Crippen LogP contribution >= 0.6 is 0 Å². The molecule has 3 heterocycles. The molecule has 2 aliphatic rings. The number of Topliss-reactive ketones (excluding diaryl/α,β-unsaturated/α-hetero) is 1. The Bertz CT molecular complexity index is 1370. The third-order valence-corrected chi connectivity index (χ3v) is 5.35. The number of aryl methyl sites for hydroxylation is 1. The number of hydroxylamine groups is 1. The number of ketones is 1. The normalized spacial score (nSPS) is 17.2. The van der Waals surface area contributed by atoms with Crippen LogP contribution in [0.3, 0.4) is 0 Å². The molecule has 33 heavy (non-hydrogen) atoms. The number of aliphatic hydroxyl groups excluding tert-OH is 1. The number of aliphatic hydroxyl groups is 1. The van der Waals surface area contributed by atoms with Crippen molar-refractivity contribution in [3.8, 4) is 5.75 Å². The van der Waals surface area contributed by atoms with E-state index < -0.39 is 23.5 Å². The first-order valence-corrected chi connectivity index (χ1v) is 9.95. The molecule has 0 spiro atoms. The minimum atomic E-state index is -1.19. The molecule has 1 amide bonds. The first-order valence-electron chi connectivity index (χ1n) is 9.95. The fraction of sp³-hybridized carbons (Fsp3) is 0.0870. The largest absolute Gasteiger partial charge is 0.503 e. The quantitative estimate of drug-likeness (QED) is 0.524. The van der Waals surface area contributed by atoms with E-state index in [0.717, 1.165) is 4.90 Å². The van der Waals surface area contributed by atoms with Crippen molar-refractivity contribution in [2.45, 2.75) is 13.0 Å². The fourth-order valence-corrected chi connectivity index (χ4v) is 3.84. The van der Waals surface area contributed by atoms with E-state index in [1.165, 1.54) is 12.1 Å². The van der Waals surface area contributed by atoms with Gasteiger partial charge in [0.25, 0.3) is 11.6 Å². The summed E-state index contributed by atoms with van der Waals surface area (Å²) in [6.45, 7) is 1.67. The molecule has 10 nitrogen and oxygen atoms in total. The van der Waals surface area contributed by atoms with E-state index in [9.17, 15) is 19.6 Å². The number of furan rings is 1. The van der Waals surface area contributed by atoms with Crippen LogP contribution in [0.15, 0.2) is 81.4 Å². The number of nitrogens with one attached hydrogen (secondary N) is 2. The molecular formula is C23H17N4O6+. The zero-order chi connectivity index (χ0) is 23.1. The Hall–Kier alpha value is -4.73. The number of para-hydroxylation sites is 3. The van der Waals surface area contributed by atoms with Crippen molar-refractivity contribution in [2.24, 2.45) is 4.99 Å². The van der Waals surface area contributed by atoms with Crippen molar-refractivity contribution in [3.63, 3.8) is 0 Å². The molecule has 2 aromatic carbocycles. The Kier molecular flexibility index (Phi) is 4.74. The van der Waals surface area contributed by atoms with Gasteiger partial charge in [0.2, 0.25) is 11.7 Å². The van der Waals surface area contributed by atoms with Gasteiger partial charge in [-0.15, -0.1) is 0 Å². The third kappa shape index (κ3) is 3.24. The highest BCUT2D eigenvalue weighted by atomic mass is 16.7. The van der Waals surface area contributed by atoms with Gasteiger partial charge >= 0.3 is 0 Å². The monoisotopic (exact) mass is 445 g/mol. The summed E-state index contributed by atoms with van der Waals surface area (Å²) in [7, 11) is 0. The summed E-state index contributed by atoms with van der Waals surface area (Å²) in [5.74, 6) is -1.55. The minimum Gasteiger partial charge on any atom is -0.503 e. The summed E-state index contributed by atoms with van der Waals surface area (Å²) < 4.78 is 5.44. The lowest BCUT2D eigenvalue weighted by Crippen LogP contribution is -2.57. The van der Waals surface area contributed by atoms with Crippen molar-refractivity contribution in [2.75, 3.05) is 0 Å². The summed E-state index contributed by atoms with van der Waals surface area (Å²) in [6, 6.07) is 15.1. The lowest BCUT2D eigenvalue weighted by atomic mass is 9.94. The van der Waals surface area contributed by atoms with Gasteiger partial charge < -0.3 is 14.4 Å². The highest BCUT2D eigenvalue weighted by molar-refractivity contribution is 6.19. The Morgan fingerprint density at radius 2 is 1.88 bits per heavy atom. The first kappa shape index (κ1) is 20.2. The lowest BCUT2D eigenvalue weighted by Gasteiger charge is -2.29. The van der Waals surface area contributed by atoms with Gasteiger partial charge in [-0.2, -0.15) is 5.48 Å². The Morgan fingerprint density at radius 1 is 1.12 bits per heavy atom. The van der Waals surface area contributed by atoms with Gasteiger partial charge in [0, 0.05) is 16.2 Å². The van der Waals surface area contributed by atoms with E-state index in [4.69, 9.17) is 9.25 Å². The van der Waals surface area contributed by atoms with Crippen molar-refractivity contribution < 1.29 is 29.1 Å². The number of carbonyl (C=O) groups excluding carboxylic acids is 2. The van der Waals surface area contributed by atoms with Crippen LogP contribution in [0.2, 0.25) is 0 Å². The first-order chi connectivity index (χ1) is 16.0. The van der Waals surface area contributed by atoms with Gasteiger partial charge in [-0.3, -0.25) is 14.5 Å². The number of fused-ring (bicyclic) bond motifs is 1. The molecule has 0 saturated carbocycles. The van der Waals surface area contributed by atoms with Gasteiger partial charge in [-0.1, -0.05) is 24.3 Å². The number of hydrogen-bond donors (Lipinski definition) is 3. The maximum absolute atomic E-state index is 13.3. The number of nitrogens with zero attached hydrogens (tertiary/aromatic N) is 2. The van der Waals surface area contributed by atoms with Crippen molar-refractivity contribution in [1.29, 1.82) is 0 Å². The van der Waals surface area contributed by atoms with Crippen LogP contribution in [0.1, 0.15) is 27.9 Å². The molecular weight excluding hydrogens is 428 g/mol. The molecule has 0 aliphatic carbocycles. The summed E-state index contributed by atoms with van der Waals surface area (Å²) in [5, 5.41) is 12.6. The highest BCUT2D eigenvalue weighted by Gasteiger charge is 2.49. The van der Waals surface area contributed by atoms with E-state index in [1.54, 1.807) is 55.5 Å². The standard InChI is InChI=1S/C23H16N4O6/c1-12-10-11-17(32-12)20(28)18-19(13-6-2-3-7-14(13)25-31)27(22(30)21(18)29)23-24-15-8-4-5-9-16(15)33-26-23/h2-11,19,29H,1H3,(H,24,26)/p+1. The molecule has 164 valence electrons. The Balaban J connectivity index is 1.68. The molecule has 1 aromatic heterocycles. The molecule has 1 unspecified atom stereocenters. The number of guanidine groups is 1. The van der Waals surface area contributed by atoms with Gasteiger partial charge in [0.05, 0.1) is 11.1 Å². The molecule has 2 aliphatic heterocycles. The minimum absolute atomic E-state index is 0.0543. The summed E-state index contributed by atoms with van der Waals surface area (Å²) in [4.78, 5) is 49.2. The van der Waals surface area contributed by atoms with Gasteiger partial charge in [0.1, 0.15) is 17.5 Å². The van der Waals surface area contributed by atoms with Gasteiger partial charge in [0.15, 0.2) is 17.3 Å². The number of aliphatic imine (C=N–C) groups is 1. The number of nitroso groups, excluding NO2 is 1. The second kappa shape index (κ2) is 7.75. The molecule has 0 fully saturated rings. The summed E-state index contributed by atoms with van der Waals surface area (Å²) in [5.41, 5.74) is 3.18. The van der Waals surface area contributed by atoms with Crippen LogP contribution in [0.25, 0.3) is 0 Å². The van der Waals surface area contributed by atoms with Gasteiger partial charge in [-0.25, -0.2) is 4.99 Å². The van der Waals surface area contributed by atoms with E-state index in [-0.39, 0.29) is 28.5 Å².